The maximum absolute atomic E-state index is 12.4. The van der Waals surface area contributed by atoms with E-state index in [4.69, 9.17) is 18.9 Å². The summed E-state index contributed by atoms with van der Waals surface area (Å²) >= 11 is 1.40. The molecule has 0 aliphatic carbocycles. The summed E-state index contributed by atoms with van der Waals surface area (Å²) in [7, 11) is 4.65. The number of ether oxygens (including phenoxy) is 4. The minimum absolute atomic E-state index is 0.199. The Morgan fingerprint density at radius 1 is 1.04 bits per heavy atom. The third-order valence-electron chi connectivity index (χ3n) is 3.91. The lowest BCUT2D eigenvalue weighted by Crippen LogP contribution is -2.22. The first kappa shape index (κ1) is 19.5. The van der Waals surface area contributed by atoms with Gasteiger partial charge in [0.15, 0.2) is 11.5 Å². The number of carbonyl (C=O) groups is 1. The molecule has 3 rings (SSSR count). The van der Waals surface area contributed by atoms with Gasteiger partial charge >= 0.3 is 0 Å². The zero-order valence-corrected chi connectivity index (χ0v) is 16.5. The average molecular weight is 400 g/mol. The van der Waals surface area contributed by atoms with Gasteiger partial charge in [-0.15, -0.1) is 0 Å². The molecule has 0 atom stereocenters. The maximum Gasteiger partial charge on any atom is 0.278 e. The van der Waals surface area contributed by atoms with Crippen molar-refractivity contribution in [2.24, 2.45) is 0 Å². The number of aromatic nitrogens is 1. The minimum Gasteiger partial charge on any atom is -0.493 e. The van der Waals surface area contributed by atoms with E-state index in [2.05, 4.69) is 10.3 Å². The zero-order chi connectivity index (χ0) is 19.9. The lowest BCUT2D eigenvalue weighted by atomic mass is 10.1. The molecule has 146 valence electrons. The predicted molar refractivity (Wildman–Crippen MR) is 106 cm³/mol. The molecule has 1 heterocycles. The molecule has 0 aliphatic rings. The molecule has 8 heteroatoms. The molecule has 0 saturated heterocycles. The number of benzene rings is 2. The van der Waals surface area contributed by atoms with Crippen molar-refractivity contribution < 1.29 is 23.7 Å². The number of carbonyl (C=O) groups excluding carboxylic acids is 1. The molecule has 0 spiro atoms. The second kappa shape index (κ2) is 9.09. The Labute approximate surface area is 166 Å². The summed E-state index contributed by atoms with van der Waals surface area (Å²) in [5.41, 5.74) is 1.35. The summed E-state index contributed by atoms with van der Waals surface area (Å²) in [4.78, 5) is 16.5. The average Bonchev–Trinajstić information content (AvgIpc) is 3.24. The van der Waals surface area contributed by atoms with Crippen LogP contribution in [-0.4, -0.2) is 32.2 Å². The van der Waals surface area contributed by atoms with Crippen LogP contribution in [0.1, 0.15) is 15.9 Å². The van der Waals surface area contributed by atoms with Crippen molar-refractivity contribution in [3.63, 3.8) is 0 Å². The van der Waals surface area contributed by atoms with Gasteiger partial charge in [-0.1, -0.05) is 11.3 Å². The first-order chi connectivity index (χ1) is 13.6. The Hall–Kier alpha value is -3.26. The summed E-state index contributed by atoms with van der Waals surface area (Å²) < 4.78 is 21.6. The van der Waals surface area contributed by atoms with E-state index in [1.165, 1.54) is 11.3 Å². The van der Waals surface area contributed by atoms with Crippen molar-refractivity contribution in [3.05, 3.63) is 59.1 Å². The highest BCUT2D eigenvalue weighted by Gasteiger charge is 2.14. The number of nitrogens with one attached hydrogen (secondary N) is 1. The summed E-state index contributed by atoms with van der Waals surface area (Å²) in [6.45, 7) is 0.312. The Morgan fingerprint density at radius 2 is 1.71 bits per heavy atom. The molecule has 1 N–H and O–H groups in total. The van der Waals surface area contributed by atoms with Crippen LogP contribution in [0, 0.1) is 0 Å². The van der Waals surface area contributed by atoms with E-state index >= 15 is 0 Å². The van der Waals surface area contributed by atoms with Gasteiger partial charge in [-0.25, -0.2) is 4.98 Å². The molecule has 0 radical (unpaired) electrons. The van der Waals surface area contributed by atoms with E-state index in [1.54, 1.807) is 63.9 Å². The van der Waals surface area contributed by atoms with Crippen LogP contribution in [-0.2, 0) is 6.54 Å². The number of amides is 1. The number of methoxy groups -OCH3 is 3. The van der Waals surface area contributed by atoms with Crippen LogP contribution in [0.4, 0.5) is 0 Å². The highest BCUT2D eigenvalue weighted by Crippen LogP contribution is 2.38. The van der Waals surface area contributed by atoms with Gasteiger partial charge in [0.2, 0.25) is 5.75 Å². The van der Waals surface area contributed by atoms with E-state index < -0.39 is 0 Å². The van der Waals surface area contributed by atoms with Crippen LogP contribution < -0.4 is 24.3 Å². The molecule has 0 fully saturated rings. The van der Waals surface area contributed by atoms with Gasteiger partial charge in [0.1, 0.15) is 5.75 Å². The predicted octanol–water partition coefficient (Wildman–Crippen LogP) is 3.89. The highest BCUT2D eigenvalue weighted by molar-refractivity contribution is 7.11. The molecule has 1 amide bonds. The van der Waals surface area contributed by atoms with Crippen LogP contribution in [0.15, 0.2) is 48.0 Å². The number of rotatable bonds is 8. The van der Waals surface area contributed by atoms with Crippen LogP contribution >= 0.6 is 11.3 Å². The number of hydrogen-bond donors (Lipinski definition) is 1. The third kappa shape index (κ3) is 4.52. The molecule has 0 saturated carbocycles. The second-order valence-corrected chi connectivity index (χ2v) is 6.50. The van der Waals surface area contributed by atoms with Crippen LogP contribution in [0.5, 0.6) is 28.2 Å². The minimum atomic E-state index is -0.199. The van der Waals surface area contributed by atoms with Gasteiger partial charge in [0.05, 0.1) is 21.3 Å². The number of nitrogens with zero attached hydrogens (tertiary/aromatic N) is 1. The molecule has 3 aromatic rings. The Morgan fingerprint density at radius 3 is 2.25 bits per heavy atom. The SMILES string of the molecule is COc1cc(CNC(=O)c2ccc(Oc3nccs3)cc2)cc(OC)c1OC. The Balaban J connectivity index is 1.65. The van der Waals surface area contributed by atoms with E-state index in [0.717, 1.165) is 5.56 Å². The van der Waals surface area contributed by atoms with Crippen molar-refractivity contribution in [3.8, 4) is 28.2 Å². The van der Waals surface area contributed by atoms with Crippen molar-refractivity contribution >= 4 is 17.2 Å². The maximum atomic E-state index is 12.4. The van der Waals surface area contributed by atoms with Gasteiger partial charge in [-0.3, -0.25) is 4.79 Å². The van der Waals surface area contributed by atoms with E-state index in [1.807, 2.05) is 5.38 Å². The molecule has 28 heavy (non-hydrogen) atoms. The third-order valence-corrected chi connectivity index (χ3v) is 4.56. The van der Waals surface area contributed by atoms with Crippen LogP contribution in [0.25, 0.3) is 0 Å². The van der Waals surface area contributed by atoms with Crippen LogP contribution in [0.3, 0.4) is 0 Å². The first-order valence-electron chi connectivity index (χ1n) is 8.39. The Bertz CT molecular complexity index is 901. The monoisotopic (exact) mass is 400 g/mol. The lowest BCUT2D eigenvalue weighted by Gasteiger charge is -2.14. The lowest BCUT2D eigenvalue weighted by molar-refractivity contribution is 0.0951. The quantitative estimate of drug-likeness (QED) is 0.618. The summed E-state index contributed by atoms with van der Waals surface area (Å²) in [6, 6.07) is 10.5. The van der Waals surface area contributed by atoms with Gasteiger partial charge in [-0.2, -0.15) is 0 Å². The van der Waals surface area contributed by atoms with Crippen molar-refractivity contribution in [1.82, 2.24) is 10.3 Å². The van der Waals surface area contributed by atoms with E-state index in [0.29, 0.717) is 40.3 Å². The number of hydrogen-bond acceptors (Lipinski definition) is 7. The normalized spacial score (nSPS) is 10.2. The van der Waals surface area contributed by atoms with Gasteiger partial charge < -0.3 is 24.3 Å². The molecule has 1 aromatic heterocycles. The molecule has 0 unspecified atom stereocenters. The van der Waals surface area contributed by atoms with E-state index in [9.17, 15) is 4.79 Å². The topological polar surface area (TPSA) is 78.9 Å². The fourth-order valence-corrected chi connectivity index (χ4v) is 3.06. The molecule has 0 bridgehead atoms. The number of thiazole rings is 1. The van der Waals surface area contributed by atoms with Crippen molar-refractivity contribution in [1.29, 1.82) is 0 Å². The van der Waals surface area contributed by atoms with Gasteiger partial charge in [0, 0.05) is 23.7 Å². The van der Waals surface area contributed by atoms with E-state index in [-0.39, 0.29) is 5.91 Å². The molecular weight excluding hydrogens is 380 g/mol. The molecule has 7 nitrogen and oxygen atoms in total. The smallest absolute Gasteiger partial charge is 0.278 e. The summed E-state index contributed by atoms with van der Waals surface area (Å²) in [5.74, 6) is 2.01. The zero-order valence-electron chi connectivity index (χ0n) is 15.7. The summed E-state index contributed by atoms with van der Waals surface area (Å²) in [6.07, 6.45) is 1.67. The largest absolute Gasteiger partial charge is 0.493 e. The fourth-order valence-electron chi connectivity index (χ4n) is 2.56. The molecule has 0 aliphatic heterocycles. The first-order valence-corrected chi connectivity index (χ1v) is 9.27. The second-order valence-electron chi connectivity index (χ2n) is 5.64. The standard InChI is InChI=1S/C20H20N2O5S/c1-24-16-10-13(11-17(25-2)18(16)26-3)12-22-19(23)14-4-6-15(7-5-14)27-20-21-8-9-28-20/h4-11H,12H2,1-3H3,(H,22,23). The van der Waals surface area contributed by atoms with Gasteiger partial charge in [-0.05, 0) is 42.0 Å². The fraction of sp³-hybridized carbons (Fsp3) is 0.200. The molecular formula is C20H20N2O5S. The highest BCUT2D eigenvalue weighted by atomic mass is 32.1. The van der Waals surface area contributed by atoms with Crippen LogP contribution in [0.2, 0.25) is 0 Å². The summed E-state index contributed by atoms with van der Waals surface area (Å²) in [5, 5.41) is 5.27. The molecule has 2 aromatic carbocycles. The van der Waals surface area contributed by atoms with Crippen molar-refractivity contribution in [2.75, 3.05) is 21.3 Å². The van der Waals surface area contributed by atoms with Gasteiger partial charge in [0.25, 0.3) is 11.1 Å². The van der Waals surface area contributed by atoms with Crippen molar-refractivity contribution in [2.45, 2.75) is 6.54 Å². The Kier molecular flexibility index (Phi) is 6.33.